The van der Waals surface area contributed by atoms with Gasteiger partial charge < -0.3 is 19.9 Å². The number of anilines is 1. The van der Waals surface area contributed by atoms with Gasteiger partial charge in [0.1, 0.15) is 19.8 Å². The van der Waals surface area contributed by atoms with Crippen molar-refractivity contribution in [1.82, 2.24) is 5.48 Å². The summed E-state index contributed by atoms with van der Waals surface area (Å²) in [5, 5.41) is 21.4. The van der Waals surface area contributed by atoms with E-state index in [-0.39, 0.29) is 48.8 Å². The summed E-state index contributed by atoms with van der Waals surface area (Å²) >= 11 is 0. The molecule has 0 saturated heterocycles. The van der Waals surface area contributed by atoms with Crippen molar-refractivity contribution < 1.29 is 48.7 Å². The first kappa shape index (κ1) is 31.9. The average Bonchev–Trinajstić information content (AvgIpc) is 2.98. The lowest BCUT2D eigenvalue weighted by Gasteiger charge is -2.14. The molecule has 3 rings (SSSR count). The summed E-state index contributed by atoms with van der Waals surface area (Å²) in [6, 6.07) is 14.4. The molecule has 4 N–H and O–H groups in total. The molecular formula is C30H32N2O10. The second kappa shape index (κ2) is 15.4. The van der Waals surface area contributed by atoms with Crippen LogP contribution in [0.15, 0.2) is 54.6 Å². The van der Waals surface area contributed by atoms with Gasteiger partial charge in [-0.05, 0) is 70.6 Å². The maximum atomic E-state index is 13.4. The molecule has 0 saturated carbocycles. The van der Waals surface area contributed by atoms with Gasteiger partial charge in [-0.2, -0.15) is 0 Å². The number of carboxylic acid groups (broad SMARTS) is 1. The monoisotopic (exact) mass is 580 g/mol. The number of hydrogen-bond donors (Lipinski definition) is 4. The van der Waals surface area contributed by atoms with Gasteiger partial charge in [0.2, 0.25) is 0 Å². The van der Waals surface area contributed by atoms with Crippen LogP contribution >= 0.6 is 0 Å². The predicted molar refractivity (Wildman–Crippen MR) is 151 cm³/mol. The molecule has 1 amide bonds. The van der Waals surface area contributed by atoms with Gasteiger partial charge in [0.25, 0.3) is 5.91 Å². The quantitative estimate of drug-likeness (QED) is 0.0931. The molecule has 0 radical (unpaired) electrons. The molecule has 12 heteroatoms. The molecule has 0 atom stereocenters. The Labute approximate surface area is 242 Å². The van der Waals surface area contributed by atoms with Gasteiger partial charge in [-0.15, -0.1) is 0 Å². The summed E-state index contributed by atoms with van der Waals surface area (Å²) in [4.78, 5) is 58.4. The molecule has 0 bridgehead atoms. The van der Waals surface area contributed by atoms with Gasteiger partial charge in [-0.25, -0.2) is 20.0 Å². The van der Waals surface area contributed by atoms with E-state index in [0.717, 1.165) is 5.56 Å². The molecule has 0 fully saturated rings. The van der Waals surface area contributed by atoms with Crippen LogP contribution in [0.2, 0.25) is 0 Å². The van der Waals surface area contributed by atoms with Crippen molar-refractivity contribution >= 4 is 29.5 Å². The number of nitrogens with one attached hydrogen (secondary N) is 2. The van der Waals surface area contributed by atoms with Gasteiger partial charge in [0.05, 0.1) is 23.3 Å². The van der Waals surface area contributed by atoms with Crippen LogP contribution < -0.4 is 10.8 Å². The van der Waals surface area contributed by atoms with Crippen molar-refractivity contribution in [3.8, 4) is 11.1 Å². The molecule has 0 spiro atoms. The topological polar surface area (TPSA) is 170 Å². The van der Waals surface area contributed by atoms with Crippen LogP contribution in [0.3, 0.4) is 0 Å². The van der Waals surface area contributed by atoms with Gasteiger partial charge in [0.15, 0.2) is 0 Å². The Morgan fingerprint density at radius 1 is 0.833 bits per heavy atom. The fourth-order valence-electron chi connectivity index (χ4n) is 4.09. The zero-order valence-electron chi connectivity index (χ0n) is 23.4. The Morgan fingerprint density at radius 3 is 2.21 bits per heavy atom. The molecular weight excluding hydrogens is 548 g/mol. The van der Waals surface area contributed by atoms with E-state index in [1.165, 1.54) is 25.1 Å². The number of carbonyl (C=O) groups is 4. The van der Waals surface area contributed by atoms with E-state index in [1.807, 2.05) is 6.92 Å². The van der Waals surface area contributed by atoms with Crippen LogP contribution in [-0.4, -0.2) is 54.4 Å². The highest BCUT2D eigenvalue weighted by molar-refractivity contribution is 6.11. The molecule has 0 aliphatic carbocycles. The molecule has 3 aromatic carbocycles. The van der Waals surface area contributed by atoms with Crippen LogP contribution in [0.25, 0.3) is 11.1 Å². The van der Waals surface area contributed by atoms with Crippen molar-refractivity contribution in [2.24, 2.45) is 0 Å². The summed E-state index contributed by atoms with van der Waals surface area (Å²) < 4.78 is 9.92. The maximum Gasteiger partial charge on any atom is 0.338 e. The highest BCUT2D eigenvalue weighted by Crippen LogP contribution is 2.27. The first-order chi connectivity index (χ1) is 20.2. The molecule has 0 heterocycles. The van der Waals surface area contributed by atoms with Crippen LogP contribution in [0.5, 0.6) is 0 Å². The molecule has 42 heavy (non-hydrogen) atoms. The molecule has 0 aliphatic rings. The lowest BCUT2D eigenvalue weighted by atomic mass is 9.95. The highest BCUT2D eigenvalue weighted by Gasteiger charge is 2.20. The number of aromatic carboxylic acids is 1. The first-order valence-electron chi connectivity index (χ1n) is 13.0. The zero-order chi connectivity index (χ0) is 30.6. The van der Waals surface area contributed by atoms with Crippen LogP contribution in [0, 0.1) is 0 Å². The Kier molecular flexibility index (Phi) is 11.7. The van der Waals surface area contributed by atoms with E-state index in [9.17, 15) is 24.3 Å². The van der Waals surface area contributed by atoms with Crippen molar-refractivity contribution in [3.63, 3.8) is 0 Å². The minimum absolute atomic E-state index is 0.0627. The zero-order valence-corrected chi connectivity index (χ0v) is 23.4. The van der Waals surface area contributed by atoms with Crippen molar-refractivity contribution in [2.45, 2.75) is 33.5 Å². The minimum Gasteiger partial charge on any atom is -0.478 e. The summed E-state index contributed by atoms with van der Waals surface area (Å²) in [6.07, 6.45) is 0.546. The molecule has 0 aliphatic heterocycles. The van der Waals surface area contributed by atoms with Gasteiger partial charge in [-0.1, -0.05) is 25.1 Å². The lowest BCUT2D eigenvalue weighted by molar-refractivity contribution is -0.253. The Morgan fingerprint density at radius 2 is 1.55 bits per heavy atom. The Balaban J connectivity index is 1.91. The summed E-state index contributed by atoms with van der Waals surface area (Å²) in [7, 11) is 1.61. The molecule has 3 aromatic rings. The first-order valence-corrected chi connectivity index (χ1v) is 13.0. The van der Waals surface area contributed by atoms with E-state index in [2.05, 4.69) is 15.7 Å². The van der Waals surface area contributed by atoms with Crippen molar-refractivity contribution in [2.75, 3.05) is 25.6 Å². The fourth-order valence-corrected chi connectivity index (χ4v) is 4.09. The summed E-state index contributed by atoms with van der Waals surface area (Å²) in [5.41, 5.74) is 6.05. The van der Waals surface area contributed by atoms with E-state index in [1.54, 1.807) is 43.4 Å². The number of hydroxylamine groups is 1. The number of carboxylic acids is 1. The van der Waals surface area contributed by atoms with E-state index in [4.69, 9.17) is 19.6 Å². The Bertz CT molecular complexity index is 1450. The normalized spacial score (nSPS) is 10.7. The van der Waals surface area contributed by atoms with E-state index in [0.29, 0.717) is 28.7 Å². The number of esters is 2. The third-order valence-electron chi connectivity index (χ3n) is 6.14. The van der Waals surface area contributed by atoms with Gasteiger partial charge in [0, 0.05) is 19.7 Å². The van der Waals surface area contributed by atoms with Crippen LogP contribution in [0.1, 0.15) is 61.6 Å². The molecule has 222 valence electrons. The predicted octanol–water partition coefficient (Wildman–Crippen LogP) is 4.23. The second-order valence-electron chi connectivity index (χ2n) is 9.02. The largest absolute Gasteiger partial charge is 0.478 e. The molecule has 0 aromatic heterocycles. The Hall–Kier alpha value is -4.62. The molecule has 12 nitrogen and oxygen atoms in total. The van der Waals surface area contributed by atoms with E-state index < -0.39 is 23.8 Å². The number of hydrogen-bond acceptors (Lipinski definition) is 10. The third-order valence-corrected chi connectivity index (χ3v) is 6.14. The molecule has 0 unspecified atom stereocenters. The fraction of sp³-hybridized carbons (Fsp3) is 0.267. The van der Waals surface area contributed by atoms with Gasteiger partial charge in [-0.3, -0.25) is 19.7 Å². The number of benzene rings is 3. The number of ether oxygens (including phenoxy) is 2. The number of aryl methyl sites for hydroxylation is 1. The minimum atomic E-state index is -1.29. The summed E-state index contributed by atoms with van der Waals surface area (Å²) in [5.74, 6) is -3.15. The van der Waals surface area contributed by atoms with Gasteiger partial charge >= 0.3 is 17.9 Å². The van der Waals surface area contributed by atoms with Crippen LogP contribution in [0.4, 0.5) is 5.69 Å². The SMILES string of the molecule is CCc1cc(NC(=O)c2cc(-c3ccc(COO)c(CONC)c3)ccc2C(=O)O)cc(C(=O)OCCOC(C)=O)c1. The standard InChI is InChI=1S/C30H32N2O10/c1-4-19-11-23(30(37)40-10-9-39-18(2)33)14-25(12-19)32-28(34)27-15-21(7-8-26(27)29(35)36)20-5-6-22(17-42-38)24(13-20)16-41-31-3/h5-8,11-15,31,38H,4,9-10,16-17H2,1-3H3,(H,32,34)(H,35,36). The lowest BCUT2D eigenvalue weighted by Crippen LogP contribution is -2.18. The average molecular weight is 581 g/mol. The number of carbonyl (C=O) groups excluding carboxylic acids is 3. The van der Waals surface area contributed by atoms with E-state index >= 15 is 0 Å². The van der Waals surface area contributed by atoms with Crippen molar-refractivity contribution in [1.29, 1.82) is 0 Å². The smallest absolute Gasteiger partial charge is 0.338 e. The maximum absolute atomic E-state index is 13.4. The number of amides is 1. The third kappa shape index (κ3) is 8.69. The number of rotatable bonds is 14. The summed E-state index contributed by atoms with van der Waals surface area (Å²) in [6.45, 7) is 2.99. The highest BCUT2D eigenvalue weighted by atomic mass is 17.1. The van der Waals surface area contributed by atoms with Crippen molar-refractivity contribution in [3.05, 3.63) is 88.0 Å². The van der Waals surface area contributed by atoms with Crippen LogP contribution in [-0.2, 0) is 43.6 Å². The second-order valence-corrected chi connectivity index (χ2v) is 9.02.